The SMILES string of the molecule is Cc1nc(C#N)c(CCC(C)C)[nH]1. The van der Waals surface area contributed by atoms with Crippen molar-refractivity contribution in [2.45, 2.75) is 33.6 Å². The number of nitriles is 1. The number of imidazole rings is 1. The molecule has 0 saturated heterocycles. The molecule has 13 heavy (non-hydrogen) atoms. The van der Waals surface area contributed by atoms with E-state index in [2.05, 4.69) is 29.9 Å². The van der Waals surface area contributed by atoms with Gasteiger partial charge in [-0.25, -0.2) is 4.98 Å². The highest BCUT2D eigenvalue weighted by Gasteiger charge is 2.07. The van der Waals surface area contributed by atoms with Crippen molar-refractivity contribution in [3.05, 3.63) is 17.2 Å². The summed E-state index contributed by atoms with van der Waals surface area (Å²) in [6, 6.07) is 2.10. The van der Waals surface area contributed by atoms with Gasteiger partial charge in [0.2, 0.25) is 0 Å². The molecule has 0 unspecified atom stereocenters. The molecule has 0 fully saturated rings. The molecule has 0 radical (unpaired) electrons. The van der Waals surface area contributed by atoms with Crippen molar-refractivity contribution in [2.75, 3.05) is 0 Å². The molecule has 0 saturated carbocycles. The van der Waals surface area contributed by atoms with Gasteiger partial charge in [0.1, 0.15) is 11.9 Å². The highest BCUT2D eigenvalue weighted by molar-refractivity contribution is 5.27. The average molecular weight is 177 g/mol. The molecule has 1 aromatic rings. The molecular formula is C10H15N3. The van der Waals surface area contributed by atoms with Crippen LogP contribution in [0.1, 0.15) is 37.5 Å². The Hall–Kier alpha value is -1.30. The number of aromatic amines is 1. The topological polar surface area (TPSA) is 52.5 Å². The smallest absolute Gasteiger partial charge is 0.161 e. The highest BCUT2D eigenvalue weighted by Crippen LogP contribution is 2.10. The molecule has 0 aromatic carbocycles. The summed E-state index contributed by atoms with van der Waals surface area (Å²) >= 11 is 0. The molecule has 1 N–H and O–H groups in total. The average Bonchev–Trinajstić information content (AvgIpc) is 2.42. The Morgan fingerprint density at radius 1 is 1.54 bits per heavy atom. The third-order valence-corrected chi connectivity index (χ3v) is 1.97. The van der Waals surface area contributed by atoms with Crippen LogP contribution in [-0.4, -0.2) is 9.97 Å². The van der Waals surface area contributed by atoms with Crippen LogP contribution in [0.15, 0.2) is 0 Å². The monoisotopic (exact) mass is 177 g/mol. The van der Waals surface area contributed by atoms with Crippen molar-refractivity contribution in [2.24, 2.45) is 5.92 Å². The summed E-state index contributed by atoms with van der Waals surface area (Å²) in [5.41, 5.74) is 1.53. The van der Waals surface area contributed by atoms with Gasteiger partial charge in [0.25, 0.3) is 0 Å². The van der Waals surface area contributed by atoms with E-state index in [0.29, 0.717) is 11.6 Å². The lowest BCUT2D eigenvalue weighted by atomic mass is 10.1. The van der Waals surface area contributed by atoms with E-state index in [4.69, 9.17) is 5.26 Å². The minimum Gasteiger partial charge on any atom is -0.345 e. The fourth-order valence-corrected chi connectivity index (χ4v) is 1.25. The molecule has 70 valence electrons. The highest BCUT2D eigenvalue weighted by atomic mass is 14.9. The van der Waals surface area contributed by atoms with Crippen LogP contribution in [0.2, 0.25) is 0 Å². The maximum Gasteiger partial charge on any atom is 0.161 e. The lowest BCUT2D eigenvalue weighted by Gasteiger charge is -2.01. The summed E-state index contributed by atoms with van der Waals surface area (Å²) < 4.78 is 0. The molecule has 0 spiro atoms. The Kier molecular flexibility index (Phi) is 3.07. The number of hydrogen-bond acceptors (Lipinski definition) is 2. The van der Waals surface area contributed by atoms with Gasteiger partial charge in [-0.3, -0.25) is 0 Å². The van der Waals surface area contributed by atoms with Gasteiger partial charge in [-0.2, -0.15) is 5.26 Å². The predicted octanol–water partition coefficient (Wildman–Crippen LogP) is 2.18. The predicted molar refractivity (Wildman–Crippen MR) is 51.2 cm³/mol. The van der Waals surface area contributed by atoms with Crippen LogP contribution in [-0.2, 0) is 6.42 Å². The van der Waals surface area contributed by atoms with Crippen molar-refractivity contribution in [3.63, 3.8) is 0 Å². The maximum atomic E-state index is 8.76. The zero-order valence-corrected chi connectivity index (χ0v) is 8.39. The Labute approximate surface area is 78.8 Å². The molecule has 1 rings (SSSR count). The fourth-order valence-electron chi connectivity index (χ4n) is 1.25. The second-order valence-corrected chi connectivity index (χ2v) is 3.69. The molecule has 3 heteroatoms. The van der Waals surface area contributed by atoms with Crippen LogP contribution >= 0.6 is 0 Å². The van der Waals surface area contributed by atoms with Gasteiger partial charge in [0.15, 0.2) is 5.69 Å². The van der Waals surface area contributed by atoms with Gasteiger partial charge in [-0.15, -0.1) is 0 Å². The summed E-state index contributed by atoms with van der Waals surface area (Å²) in [5.74, 6) is 1.49. The molecule has 1 heterocycles. The first-order valence-corrected chi connectivity index (χ1v) is 4.59. The normalized spacial score (nSPS) is 10.4. The van der Waals surface area contributed by atoms with E-state index in [1.54, 1.807) is 0 Å². The molecule has 0 bridgehead atoms. The van der Waals surface area contributed by atoms with E-state index in [-0.39, 0.29) is 0 Å². The van der Waals surface area contributed by atoms with Crippen LogP contribution in [0.4, 0.5) is 0 Å². The first-order chi connectivity index (χ1) is 6.13. The molecule has 0 aliphatic heterocycles. The Morgan fingerprint density at radius 3 is 2.77 bits per heavy atom. The Morgan fingerprint density at radius 2 is 2.23 bits per heavy atom. The van der Waals surface area contributed by atoms with Crippen LogP contribution < -0.4 is 0 Å². The van der Waals surface area contributed by atoms with Gasteiger partial charge in [-0.1, -0.05) is 13.8 Å². The minimum atomic E-state index is 0.554. The number of hydrogen-bond donors (Lipinski definition) is 1. The third-order valence-electron chi connectivity index (χ3n) is 1.97. The molecular weight excluding hydrogens is 162 g/mol. The number of aryl methyl sites for hydroxylation is 2. The van der Waals surface area contributed by atoms with E-state index in [1.165, 1.54) is 0 Å². The molecule has 0 aliphatic rings. The molecule has 0 aliphatic carbocycles. The lowest BCUT2D eigenvalue weighted by molar-refractivity contribution is 0.581. The van der Waals surface area contributed by atoms with Crippen molar-refractivity contribution >= 4 is 0 Å². The number of nitrogens with zero attached hydrogens (tertiary/aromatic N) is 2. The number of nitrogens with one attached hydrogen (secondary N) is 1. The summed E-state index contributed by atoms with van der Waals surface area (Å²) in [6.07, 6.45) is 2.01. The van der Waals surface area contributed by atoms with Gasteiger partial charge in [0, 0.05) is 0 Å². The van der Waals surface area contributed by atoms with Gasteiger partial charge in [-0.05, 0) is 25.7 Å². The van der Waals surface area contributed by atoms with E-state index >= 15 is 0 Å². The lowest BCUT2D eigenvalue weighted by Crippen LogP contribution is -1.94. The Bertz CT molecular complexity index is 317. The first kappa shape index (κ1) is 9.79. The zero-order chi connectivity index (χ0) is 9.84. The number of rotatable bonds is 3. The zero-order valence-electron chi connectivity index (χ0n) is 8.39. The molecule has 3 nitrogen and oxygen atoms in total. The number of H-pyrrole nitrogens is 1. The summed E-state index contributed by atoms with van der Waals surface area (Å²) in [4.78, 5) is 7.21. The molecule has 1 aromatic heterocycles. The molecule has 0 atom stereocenters. The van der Waals surface area contributed by atoms with Crippen molar-refractivity contribution in [1.29, 1.82) is 5.26 Å². The van der Waals surface area contributed by atoms with Crippen LogP contribution in [0.3, 0.4) is 0 Å². The quantitative estimate of drug-likeness (QED) is 0.769. The molecule has 0 amide bonds. The fraction of sp³-hybridized carbons (Fsp3) is 0.600. The van der Waals surface area contributed by atoms with Gasteiger partial charge >= 0.3 is 0 Å². The first-order valence-electron chi connectivity index (χ1n) is 4.59. The summed E-state index contributed by atoms with van der Waals surface area (Å²) in [7, 11) is 0. The van der Waals surface area contributed by atoms with Gasteiger partial charge in [0.05, 0.1) is 5.69 Å². The van der Waals surface area contributed by atoms with Crippen LogP contribution in [0.5, 0.6) is 0 Å². The standard InChI is InChI=1S/C10H15N3/c1-7(2)4-5-9-10(6-11)13-8(3)12-9/h7H,4-5H2,1-3H3,(H,12,13). The van der Waals surface area contributed by atoms with Crippen molar-refractivity contribution in [3.8, 4) is 6.07 Å². The number of aromatic nitrogens is 2. The van der Waals surface area contributed by atoms with E-state index in [0.717, 1.165) is 24.4 Å². The van der Waals surface area contributed by atoms with Crippen molar-refractivity contribution in [1.82, 2.24) is 9.97 Å². The third kappa shape index (κ3) is 2.59. The summed E-state index contributed by atoms with van der Waals surface area (Å²) in [6.45, 7) is 6.23. The van der Waals surface area contributed by atoms with E-state index in [9.17, 15) is 0 Å². The van der Waals surface area contributed by atoms with E-state index < -0.39 is 0 Å². The van der Waals surface area contributed by atoms with Gasteiger partial charge < -0.3 is 4.98 Å². The van der Waals surface area contributed by atoms with E-state index in [1.807, 2.05) is 6.92 Å². The minimum absolute atomic E-state index is 0.554. The second kappa shape index (κ2) is 4.08. The second-order valence-electron chi connectivity index (χ2n) is 3.69. The summed E-state index contributed by atoms with van der Waals surface area (Å²) in [5, 5.41) is 8.76. The maximum absolute atomic E-state index is 8.76. The van der Waals surface area contributed by atoms with Crippen molar-refractivity contribution < 1.29 is 0 Å². The van der Waals surface area contributed by atoms with Crippen LogP contribution in [0, 0.1) is 24.2 Å². The largest absolute Gasteiger partial charge is 0.345 e. The Balaban J connectivity index is 2.71. The van der Waals surface area contributed by atoms with Crippen LogP contribution in [0.25, 0.3) is 0 Å².